The molecule has 1 rings (SSSR count). The average molecular weight is 169 g/mol. The van der Waals surface area contributed by atoms with E-state index in [0.29, 0.717) is 11.6 Å². The van der Waals surface area contributed by atoms with E-state index in [9.17, 15) is 4.79 Å². The van der Waals surface area contributed by atoms with Crippen LogP contribution in [-0.2, 0) is 10.2 Å². The zero-order chi connectivity index (χ0) is 9.19. The van der Waals surface area contributed by atoms with Crippen LogP contribution in [0, 0.1) is 0 Å². The lowest BCUT2D eigenvalue weighted by atomic mass is 9.93. The van der Waals surface area contributed by atoms with E-state index in [1.165, 1.54) is 7.11 Å². The maximum absolute atomic E-state index is 10.6. The normalized spacial score (nSPS) is 11.2. The number of aldehydes is 1. The third-order valence-electron chi connectivity index (χ3n) is 1.63. The summed E-state index contributed by atoms with van der Waals surface area (Å²) in [5.41, 5.74) is -0.635. The first kappa shape index (κ1) is 8.77. The summed E-state index contributed by atoms with van der Waals surface area (Å²) >= 11 is 0. The Kier molecular flexibility index (Phi) is 2.17. The van der Waals surface area contributed by atoms with Crippen molar-refractivity contribution in [1.29, 1.82) is 0 Å². The summed E-state index contributed by atoms with van der Waals surface area (Å²) in [6.45, 7) is 3.50. The van der Waals surface area contributed by atoms with E-state index in [-0.39, 0.29) is 0 Å². The van der Waals surface area contributed by atoms with Gasteiger partial charge in [0.05, 0.1) is 12.5 Å². The molecular weight excluding hydrogens is 158 g/mol. The topological polar surface area (TPSA) is 52.3 Å². The largest absolute Gasteiger partial charge is 0.479 e. The van der Waals surface area contributed by atoms with E-state index in [1.807, 2.05) is 0 Å². The summed E-state index contributed by atoms with van der Waals surface area (Å²) in [5.74, 6) is 0.897. The van der Waals surface area contributed by atoms with Gasteiger partial charge in [0.1, 0.15) is 6.29 Å². The lowest BCUT2D eigenvalue weighted by Crippen LogP contribution is -2.17. The Hall–Kier alpha value is -1.32. The first-order chi connectivity index (χ1) is 5.60. The molecule has 0 spiro atoms. The van der Waals surface area contributed by atoms with Gasteiger partial charge in [0.25, 0.3) is 5.88 Å². The standard InChI is InChI=1S/C8H11NO3/c1-8(2,5-10)6-4-7(11-3)9-12-6/h4-5H,1-3H3. The van der Waals surface area contributed by atoms with Crippen molar-refractivity contribution in [3.8, 4) is 5.88 Å². The van der Waals surface area contributed by atoms with Crippen LogP contribution < -0.4 is 4.74 Å². The molecule has 0 saturated carbocycles. The highest BCUT2D eigenvalue weighted by molar-refractivity contribution is 5.65. The van der Waals surface area contributed by atoms with Crippen LogP contribution in [-0.4, -0.2) is 18.6 Å². The highest BCUT2D eigenvalue weighted by Gasteiger charge is 2.25. The molecule has 0 aliphatic heterocycles. The molecule has 0 aliphatic carbocycles. The van der Waals surface area contributed by atoms with E-state index >= 15 is 0 Å². The van der Waals surface area contributed by atoms with Crippen molar-refractivity contribution < 1.29 is 14.1 Å². The minimum atomic E-state index is -0.635. The summed E-state index contributed by atoms with van der Waals surface area (Å²) in [5, 5.41) is 3.59. The molecule has 0 N–H and O–H groups in total. The summed E-state index contributed by atoms with van der Waals surface area (Å²) in [6.07, 6.45) is 0.812. The number of aromatic nitrogens is 1. The minimum Gasteiger partial charge on any atom is -0.479 e. The lowest BCUT2D eigenvalue weighted by molar-refractivity contribution is -0.112. The van der Waals surface area contributed by atoms with Crippen LogP contribution in [0.2, 0.25) is 0 Å². The fraction of sp³-hybridized carbons (Fsp3) is 0.500. The molecule has 0 radical (unpaired) electrons. The molecule has 1 heterocycles. The smallest absolute Gasteiger partial charge is 0.254 e. The SMILES string of the molecule is COc1cc(C(C)(C)C=O)on1. The molecule has 4 heteroatoms. The predicted molar refractivity (Wildman–Crippen MR) is 42.1 cm³/mol. The molecular formula is C8H11NO3. The van der Waals surface area contributed by atoms with Gasteiger partial charge in [0.15, 0.2) is 5.76 Å². The second kappa shape index (κ2) is 2.97. The molecule has 12 heavy (non-hydrogen) atoms. The number of carbonyl (C=O) groups is 1. The van der Waals surface area contributed by atoms with Gasteiger partial charge in [0.2, 0.25) is 0 Å². The molecule has 0 bridgehead atoms. The van der Waals surface area contributed by atoms with Crippen molar-refractivity contribution in [2.24, 2.45) is 0 Å². The first-order valence-corrected chi connectivity index (χ1v) is 3.57. The first-order valence-electron chi connectivity index (χ1n) is 3.57. The molecule has 4 nitrogen and oxygen atoms in total. The Labute approximate surface area is 70.5 Å². The highest BCUT2D eigenvalue weighted by Crippen LogP contribution is 2.23. The Bertz CT molecular complexity index is 278. The number of carbonyl (C=O) groups excluding carboxylic acids is 1. The van der Waals surface area contributed by atoms with Crippen LogP contribution in [0.25, 0.3) is 0 Å². The Morgan fingerprint density at radius 1 is 1.67 bits per heavy atom. The summed E-state index contributed by atoms with van der Waals surface area (Å²) < 4.78 is 9.72. The van der Waals surface area contributed by atoms with E-state index in [4.69, 9.17) is 9.26 Å². The Morgan fingerprint density at radius 2 is 2.33 bits per heavy atom. The molecule has 0 fully saturated rings. The maximum Gasteiger partial charge on any atom is 0.254 e. The average Bonchev–Trinajstić information content (AvgIpc) is 2.52. The van der Waals surface area contributed by atoms with E-state index in [0.717, 1.165) is 6.29 Å². The van der Waals surface area contributed by atoms with Gasteiger partial charge < -0.3 is 14.1 Å². The maximum atomic E-state index is 10.6. The van der Waals surface area contributed by atoms with Gasteiger partial charge in [-0.15, -0.1) is 0 Å². The van der Waals surface area contributed by atoms with E-state index in [2.05, 4.69) is 5.16 Å². The summed E-state index contributed by atoms with van der Waals surface area (Å²) in [7, 11) is 1.50. The molecule has 0 aromatic carbocycles. The van der Waals surface area contributed by atoms with Gasteiger partial charge in [-0.2, -0.15) is 0 Å². The molecule has 1 aromatic rings. The van der Waals surface area contributed by atoms with Crippen LogP contribution in [0.15, 0.2) is 10.6 Å². The van der Waals surface area contributed by atoms with Crippen LogP contribution in [0.5, 0.6) is 5.88 Å². The fourth-order valence-corrected chi connectivity index (χ4v) is 0.717. The summed E-state index contributed by atoms with van der Waals surface area (Å²) in [6, 6.07) is 1.61. The third-order valence-corrected chi connectivity index (χ3v) is 1.63. The number of hydrogen-bond acceptors (Lipinski definition) is 4. The van der Waals surface area contributed by atoms with Gasteiger partial charge in [-0.1, -0.05) is 0 Å². The van der Waals surface area contributed by atoms with Crippen LogP contribution in [0.3, 0.4) is 0 Å². The van der Waals surface area contributed by atoms with E-state index in [1.54, 1.807) is 19.9 Å². The Balaban J connectivity index is 2.95. The number of rotatable bonds is 3. The van der Waals surface area contributed by atoms with Crippen molar-refractivity contribution in [1.82, 2.24) is 5.16 Å². The number of nitrogens with zero attached hydrogens (tertiary/aromatic N) is 1. The van der Waals surface area contributed by atoms with Crippen LogP contribution >= 0.6 is 0 Å². The summed E-state index contributed by atoms with van der Waals surface area (Å²) in [4.78, 5) is 10.6. The van der Waals surface area contributed by atoms with Gasteiger partial charge in [-0.3, -0.25) is 0 Å². The minimum absolute atomic E-state index is 0.389. The van der Waals surface area contributed by atoms with Crippen molar-refractivity contribution >= 4 is 6.29 Å². The number of hydrogen-bond donors (Lipinski definition) is 0. The van der Waals surface area contributed by atoms with Gasteiger partial charge >= 0.3 is 0 Å². The molecule has 0 amide bonds. The lowest BCUT2D eigenvalue weighted by Gasteiger charge is -2.10. The van der Waals surface area contributed by atoms with Crippen molar-refractivity contribution in [3.05, 3.63) is 11.8 Å². The molecule has 0 atom stereocenters. The van der Waals surface area contributed by atoms with Crippen molar-refractivity contribution in [3.63, 3.8) is 0 Å². The van der Waals surface area contributed by atoms with Gasteiger partial charge in [-0.05, 0) is 19.0 Å². The second-order valence-corrected chi connectivity index (χ2v) is 3.07. The van der Waals surface area contributed by atoms with Crippen molar-refractivity contribution in [2.45, 2.75) is 19.3 Å². The highest BCUT2D eigenvalue weighted by atomic mass is 16.5. The van der Waals surface area contributed by atoms with Gasteiger partial charge in [-0.25, -0.2) is 0 Å². The molecule has 0 aliphatic rings. The third kappa shape index (κ3) is 1.47. The number of ether oxygens (including phenoxy) is 1. The zero-order valence-electron chi connectivity index (χ0n) is 7.33. The van der Waals surface area contributed by atoms with E-state index < -0.39 is 5.41 Å². The zero-order valence-corrected chi connectivity index (χ0v) is 7.33. The predicted octanol–water partition coefficient (Wildman–Crippen LogP) is 1.16. The van der Waals surface area contributed by atoms with Crippen molar-refractivity contribution in [2.75, 3.05) is 7.11 Å². The quantitative estimate of drug-likeness (QED) is 0.637. The molecule has 0 unspecified atom stereocenters. The molecule has 0 saturated heterocycles. The monoisotopic (exact) mass is 169 g/mol. The fourth-order valence-electron chi connectivity index (χ4n) is 0.717. The molecule has 66 valence electrons. The second-order valence-electron chi connectivity index (χ2n) is 3.07. The molecule has 1 aromatic heterocycles. The van der Waals surface area contributed by atoms with Gasteiger partial charge in [0, 0.05) is 6.07 Å². The van der Waals surface area contributed by atoms with Crippen LogP contribution in [0.4, 0.5) is 0 Å². The van der Waals surface area contributed by atoms with Crippen LogP contribution in [0.1, 0.15) is 19.6 Å². The Morgan fingerprint density at radius 3 is 2.75 bits per heavy atom. The number of methoxy groups -OCH3 is 1.